The van der Waals surface area contributed by atoms with E-state index in [1.807, 2.05) is 0 Å². The van der Waals surface area contributed by atoms with Gasteiger partial charge in [-0.2, -0.15) is 0 Å². The number of likely N-dealkylation sites (tertiary alicyclic amines) is 1. The van der Waals surface area contributed by atoms with Crippen molar-refractivity contribution >= 4 is 5.91 Å². The Morgan fingerprint density at radius 3 is 2.83 bits per heavy atom. The molecule has 1 saturated heterocycles. The molecule has 1 fully saturated rings. The molecule has 1 heterocycles. The molecule has 5 heteroatoms. The third-order valence-corrected chi connectivity index (χ3v) is 3.54. The zero-order valence-electron chi connectivity index (χ0n) is 12.0. The molecule has 2 unspecified atom stereocenters. The molecule has 0 aliphatic carbocycles. The Hall–Kier alpha value is -0.650. The van der Waals surface area contributed by atoms with Crippen molar-refractivity contribution in [3.05, 3.63) is 0 Å². The lowest BCUT2D eigenvalue weighted by Gasteiger charge is -2.25. The number of carbonyl (C=O) groups excluding carboxylic acids is 1. The molecule has 2 atom stereocenters. The number of rotatable bonds is 8. The number of nitrogens with zero attached hydrogens (tertiary/aromatic N) is 2. The van der Waals surface area contributed by atoms with Crippen molar-refractivity contribution in [1.82, 2.24) is 15.1 Å². The smallest absolute Gasteiger partial charge is 0.235 e. The number of amides is 1. The second-order valence-corrected chi connectivity index (χ2v) is 5.55. The summed E-state index contributed by atoms with van der Waals surface area (Å²) < 4.78 is 0. The van der Waals surface area contributed by atoms with Crippen LogP contribution in [-0.4, -0.2) is 68.6 Å². The molecule has 0 bridgehead atoms. The number of primary amides is 1. The van der Waals surface area contributed by atoms with Gasteiger partial charge in [-0.05, 0) is 45.9 Å². The predicted molar refractivity (Wildman–Crippen MR) is 74.4 cm³/mol. The number of hydrogen-bond acceptors (Lipinski definition) is 4. The Balaban J connectivity index is 2.31. The number of nitrogens with one attached hydrogen (secondary N) is 1. The monoisotopic (exact) mass is 256 g/mol. The molecule has 0 spiro atoms. The molecular formula is C13H28N4O. The van der Waals surface area contributed by atoms with E-state index in [1.54, 1.807) is 0 Å². The fourth-order valence-electron chi connectivity index (χ4n) is 2.58. The van der Waals surface area contributed by atoms with E-state index < -0.39 is 0 Å². The van der Waals surface area contributed by atoms with Gasteiger partial charge in [-0.25, -0.2) is 0 Å². The summed E-state index contributed by atoms with van der Waals surface area (Å²) in [5, 5.41) is 3.21. The van der Waals surface area contributed by atoms with E-state index in [1.165, 1.54) is 13.0 Å². The fraction of sp³-hybridized carbons (Fsp3) is 0.923. The van der Waals surface area contributed by atoms with Crippen LogP contribution in [0.2, 0.25) is 0 Å². The van der Waals surface area contributed by atoms with E-state index in [4.69, 9.17) is 5.73 Å². The Morgan fingerprint density at radius 1 is 1.61 bits per heavy atom. The summed E-state index contributed by atoms with van der Waals surface area (Å²) in [6, 6.07) is -0.228. The van der Waals surface area contributed by atoms with Gasteiger partial charge in [-0.1, -0.05) is 6.92 Å². The highest BCUT2D eigenvalue weighted by Gasteiger charge is 2.23. The number of hydrogen-bond donors (Lipinski definition) is 2. The van der Waals surface area contributed by atoms with Gasteiger partial charge in [0, 0.05) is 19.6 Å². The maximum Gasteiger partial charge on any atom is 0.235 e. The molecule has 1 aliphatic heterocycles. The van der Waals surface area contributed by atoms with Crippen molar-refractivity contribution in [3.8, 4) is 0 Å². The molecule has 106 valence electrons. The first-order valence-electron chi connectivity index (χ1n) is 6.92. The molecule has 1 rings (SSSR count). The molecule has 5 nitrogen and oxygen atoms in total. The largest absolute Gasteiger partial charge is 0.368 e. The molecular weight excluding hydrogens is 228 g/mol. The maximum atomic E-state index is 11.4. The minimum atomic E-state index is -0.251. The third-order valence-electron chi connectivity index (χ3n) is 3.54. The maximum absolute atomic E-state index is 11.4. The summed E-state index contributed by atoms with van der Waals surface area (Å²) in [4.78, 5) is 15.9. The minimum absolute atomic E-state index is 0.228. The van der Waals surface area contributed by atoms with Crippen LogP contribution in [0.15, 0.2) is 0 Å². The minimum Gasteiger partial charge on any atom is -0.368 e. The quantitative estimate of drug-likeness (QED) is 0.627. The van der Waals surface area contributed by atoms with Crippen LogP contribution < -0.4 is 11.1 Å². The van der Waals surface area contributed by atoms with Gasteiger partial charge in [-0.3, -0.25) is 4.79 Å². The summed E-state index contributed by atoms with van der Waals surface area (Å²) in [7, 11) is 4.23. The van der Waals surface area contributed by atoms with Crippen molar-refractivity contribution in [2.24, 2.45) is 11.7 Å². The SMILES string of the molecule is CCCNC(CN(C)CC1CCN(C)C1)C(N)=O. The molecule has 18 heavy (non-hydrogen) atoms. The highest BCUT2D eigenvalue weighted by atomic mass is 16.1. The van der Waals surface area contributed by atoms with Crippen molar-refractivity contribution in [3.63, 3.8) is 0 Å². The van der Waals surface area contributed by atoms with E-state index in [0.717, 1.165) is 32.0 Å². The average Bonchev–Trinajstić information content (AvgIpc) is 2.69. The van der Waals surface area contributed by atoms with Crippen LogP contribution in [0.5, 0.6) is 0 Å². The first-order valence-corrected chi connectivity index (χ1v) is 6.92. The lowest BCUT2D eigenvalue weighted by atomic mass is 10.1. The van der Waals surface area contributed by atoms with Crippen LogP contribution in [0.3, 0.4) is 0 Å². The van der Waals surface area contributed by atoms with Gasteiger partial charge >= 0.3 is 0 Å². The van der Waals surface area contributed by atoms with E-state index in [-0.39, 0.29) is 11.9 Å². The van der Waals surface area contributed by atoms with Gasteiger partial charge in [0.2, 0.25) is 5.91 Å². The summed E-state index contributed by atoms with van der Waals surface area (Å²) >= 11 is 0. The van der Waals surface area contributed by atoms with Crippen LogP contribution >= 0.6 is 0 Å². The highest BCUT2D eigenvalue weighted by Crippen LogP contribution is 2.15. The van der Waals surface area contributed by atoms with Gasteiger partial charge in [0.25, 0.3) is 0 Å². The van der Waals surface area contributed by atoms with Gasteiger partial charge in [0.15, 0.2) is 0 Å². The lowest BCUT2D eigenvalue weighted by molar-refractivity contribution is -0.120. The Bertz CT molecular complexity index is 259. The zero-order valence-corrected chi connectivity index (χ0v) is 12.0. The molecule has 0 saturated carbocycles. The van der Waals surface area contributed by atoms with Crippen LogP contribution in [0, 0.1) is 5.92 Å². The Labute approximate surface area is 111 Å². The average molecular weight is 256 g/mol. The molecule has 0 aromatic heterocycles. The van der Waals surface area contributed by atoms with Crippen molar-refractivity contribution in [1.29, 1.82) is 0 Å². The lowest BCUT2D eigenvalue weighted by Crippen LogP contribution is -2.49. The molecule has 1 aliphatic rings. The molecule has 0 radical (unpaired) electrons. The molecule has 1 amide bonds. The normalized spacial score (nSPS) is 22.6. The highest BCUT2D eigenvalue weighted by molar-refractivity contribution is 5.80. The first kappa shape index (κ1) is 15.4. The Morgan fingerprint density at radius 2 is 2.33 bits per heavy atom. The summed E-state index contributed by atoms with van der Waals surface area (Å²) in [5.41, 5.74) is 5.42. The summed E-state index contributed by atoms with van der Waals surface area (Å²) in [6.45, 7) is 7.02. The van der Waals surface area contributed by atoms with Crippen molar-refractivity contribution in [2.75, 3.05) is 46.8 Å². The van der Waals surface area contributed by atoms with E-state index in [2.05, 4.69) is 36.1 Å². The second kappa shape index (κ2) is 7.71. The van der Waals surface area contributed by atoms with Gasteiger partial charge in [0.1, 0.15) is 0 Å². The van der Waals surface area contributed by atoms with E-state index in [0.29, 0.717) is 6.54 Å². The van der Waals surface area contributed by atoms with Crippen LogP contribution in [0.4, 0.5) is 0 Å². The topological polar surface area (TPSA) is 61.6 Å². The number of likely N-dealkylation sites (N-methyl/N-ethyl adjacent to an activating group) is 1. The third kappa shape index (κ3) is 5.33. The summed E-state index contributed by atoms with van der Waals surface area (Å²) in [6.07, 6.45) is 2.27. The second-order valence-electron chi connectivity index (χ2n) is 5.55. The van der Waals surface area contributed by atoms with Crippen LogP contribution in [0.25, 0.3) is 0 Å². The van der Waals surface area contributed by atoms with Crippen LogP contribution in [-0.2, 0) is 4.79 Å². The van der Waals surface area contributed by atoms with Gasteiger partial charge in [0.05, 0.1) is 6.04 Å². The zero-order chi connectivity index (χ0) is 13.5. The van der Waals surface area contributed by atoms with Gasteiger partial charge in [-0.15, -0.1) is 0 Å². The molecule has 0 aromatic rings. The van der Waals surface area contributed by atoms with E-state index in [9.17, 15) is 4.79 Å². The number of carbonyl (C=O) groups is 1. The van der Waals surface area contributed by atoms with Crippen molar-refractivity contribution < 1.29 is 4.79 Å². The predicted octanol–water partition coefficient (Wildman–Crippen LogP) is -0.277. The molecule has 3 N–H and O–H groups in total. The van der Waals surface area contributed by atoms with Crippen molar-refractivity contribution in [2.45, 2.75) is 25.8 Å². The van der Waals surface area contributed by atoms with Crippen LogP contribution in [0.1, 0.15) is 19.8 Å². The van der Waals surface area contributed by atoms with E-state index >= 15 is 0 Å². The number of nitrogens with two attached hydrogens (primary N) is 1. The summed E-state index contributed by atoms with van der Waals surface area (Å²) in [5.74, 6) is 0.471. The molecule has 0 aromatic carbocycles. The first-order chi connectivity index (χ1) is 8.52. The van der Waals surface area contributed by atoms with Gasteiger partial charge < -0.3 is 20.9 Å². The Kier molecular flexibility index (Phi) is 6.60. The standard InChI is InChI=1S/C13H28N4O/c1-4-6-15-12(13(14)18)10-17(3)9-11-5-7-16(2)8-11/h11-12,15H,4-10H2,1-3H3,(H2,14,18). The fourth-order valence-corrected chi connectivity index (χ4v) is 2.58.